The molecule has 0 fully saturated rings. The highest BCUT2D eigenvalue weighted by atomic mass is 32.2. The van der Waals surface area contributed by atoms with Gasteiger partial charge in [-0.05, 0) is 39.0 Å². The highest BCUT2D eigenvalue weighted by Gasteiger charge is 2.51. The van der Waals surface area contributed by atoms with Crippen molar-refractivity contribution in [3.63, 3.8) is 0 Å². The summed E-state index contributed by atoms with van der Waals surface area (Å²) in [7, 11) is -4.43. The molecule has 2 aromatic rings. The molecule has 1 aromatic carbocycles. The molecule has 0 unspecified atom stereocenters. The van der Waals surface area contributed by atoms with Crippen LogP contribution in [0.4, 0.5) is 29.3 Å². The standard InChI is InChI=1S/C23H30F3N5O8S/c1-5-30-13-19(20(29-30)37-9-8-32)40(35,36)31-12-16(11-27-14(2)33)38-18-7-6-15(10-17(18)31)28-21(34)39-22(3,4)23(24,25)26/h6-7,10,13,16,32H,5,8-9,11-12H2,1-4H3,(H,27,33)(H,28,34)/t16-/m0/s1. The minimum atomic E-state index is -4.83. The van der Waals surface area contributed by atoms with Crippen molar-refractivity contribution >= 4 is 33.4 Å². The van der Waals surface area contributed by atoms with Crippen LogP contribution in [0.5, 0.6) is 11.6 Å². The summed E-state index contributed by atoms with van der Waals surface area (Å²) in [6.07, 6.45) is -5.83. The number of nitrogens with one attached hydrogen (secondary N) is 2. The zero-order valence-corrected chi connectivity index (χ0v) is 22.9. The third-order valence-corrected chi connectivity index (χ3v) is 7.43. The van der Waals surface area contributed by atoms with Gasteiger partial charge in [-0.15, -0.1) is 5.10 Å². The van der Waals surface area contributed by atoms with Crippen molar-refractivity contribution in [3.8, 4) is 11.6 Å². The van der Waals surface area contributed by atoms with E-state index in [2.05, 4.69) is 20.5 Å². The Morgan fingerprint density at radius 2 is 1.98 bits per heavy atom. The first-order chi connectivity index (χ1) is 18.6. The third kappa shape index (κ3) is 6.88. The van der Waals surface area contributed by atoms with Crippen molar-refractivity contribution in [1.29, 1.82) is 0 Å². The number of hydrogen-bond donors (Lipinski definition) is 3. The number of anilines is 2. The van der Waals surface area contributed by atoms with Gasteiger partial charge in [0, 0.05) is 25.4 Å². The summed E-state index contributed by atoms with van der Waals surface area (Å²) < 4.78 is 85.3. The Morgan fingerprint density at radius 3 is 2.58 bits per heavy atom. The summed E-state index contributed by atoms with van der Waals surface area (Å²) in [4.78, 5) is 23.4. The fourth-order valence-corrected chi connectivity index (χ4v) is 5.08. The molecule has 1 aromatic heterocycles. The van der Waals surface area contributed by atoms with Gasteiger partial charge in [0.2, 0.25) is 11.5 Å². The Kier molecular flexibility index (Phi) is 9.08. The predicted molar refractivity (Wildman–Crippen MR) is 135 cm³/mol. The molecule has 0 bridgehead atoms. The van der Waals surface area contributed by atoms with Crippen LogP contribution in [0.1, 0.15) is 27.7 Å². The quantitative estimate of drug-likeness (QED) is 0.375. The Morgan fingerprint density at radius 1 is 1.27 bits per heavy atom. The lowest BCUT2D eigenvalue weighted by molar-refractivity contribution is -0.242. The first-order valence-electron chi connectivity index (χ1n) is 12.0. The largest absolute Gasteiger partial charge is 0.484 e. The summed E-state index contributed by atoms with van der Waals surface area (Å²) in [6, 6.07) is 3.81. The average molecular weight is 594 g/mol. The van der Waals surface area contributed by atoms with E-state index < -0.39 is 40.6 Å². The molecule has 0 radical (unpaired) electrons. The van der Waals surface area contributed by atoms with Gasteiger partial charge in [-0.3, -0.25) is 19.1 Å². The van der Waals surface area contributed by atoms with E-state index in [4.69, 9.17) is 14.6 Å². The van der Waals surface area contributed by atoms with E-state index in [1.54, 1.807) is 6.92 Å². The summed E-state index contributed by atoms with van der Waals surface area (Å²) in [5.41, 5.74) is -2.92. The molecular formula is C23H30F3N5O8S. The van der Waals surface area contributed by atoms with E-state index >= 15 is 0 Å². The van der Waals surface area contributed by atoms with E-state index in [0.717, 1.165) is 4.31 Å². The van der Waals surface area contributed by atoms with Crippen LogP contribution in [0.25, 0.3) is 0 Å². The molecule has 0 spiro atoms. The Bertz CT molecular complexity index is 1350. The summed E-state index contributed by atoms with van der Waals surface area (Å²) in [5, 5.41) is 18.0. The number of aromatic nitrogens is 2. The lowest BCUT2D eigenvalue weighted by atomic mass is 10.1. The third-order valence-electron chi connectivity index (χ3n) is 5.66. The molecule has 222 valence electrons. The van der Waals surface area contributed by atoms with Crippen LogP contribution < -0.4 is 24.4 Å². The first-order valence-corrected chi connectivity index (χ1v) is 13.5. The topological polar surface area (TPSA) is 161 Å². The maximum absolute atomic E-state index is 13.9. The van der Waals surface area contributed by atoms with Crippen molar-refractivity contribution in [2.75, 3.05) is 35.9 Å². The number of rotatable bonds is 10. The fraction of sp³-hybridized carbons (Fsp3) is 0.522. The number of carbonyl (C=O) groups is 2. The molecule has 0 aliphatic carbocycles. The van der Waals surface area contributed by atoms with Crippen molar-refractivity contribution in [1.82, 2.24) is 15.1 Å². The van der Waals surface area contributed by atoms with E-state index in [1.807, 2.05) is 0 Å². The number of amides is 2. The van der Waals surface area contributed by atoms with Gasteiger partial charge in [0.05, 0.1) is 25.4 Å². The van der Waals surface area contributed by atoms with E-state index in [0.29, 0.717) is 20.4 Å². The SMILES string of the molecule is CCn1cc(S(=O)(=O)N2C[C@H](CNC(C)=O)Oc3ccc(NC(=O)OC(C)(C)C(F)(F)F)cc32)c(OCCO)n1. The number of fused-ring (bicyclic) bond motifs is 1. The van der Waals surface area contributed by atoms with Gasteiger partial charge in [0.1, 0.15) is 18.5 Å². The second kappa shape index (κ2) is 11.8. The zero-order chi connectivity index (χ0) is 29.9. The maximum Gasteiger partial charge on any atom is 0.427 e. The van der Waals surface area contributed by atoms with E-state index in [-0.39, 0.29) is 53.5 Å². The van der Waals surface area contributed by atoms with Crippen LogP contribution in [0.2, 0.25) is 0 Å². The average Bonchev–Trinajstić information content (AvgIpc) is 3.29. The Hall–Kier alpha value is -3.73. The summed E-state index contributed by atoms with van der Waals surface area (Å²) in [6.45, 7) is 3.74. The molecule has 0 saturated heterocycles. The van der Waals surface area contributed by atoms with E-state index in [1.165, 1.54) is 36.0 Å². The van der Waals surface area contributed by atoms with Crippen LogP contribution in [0, 0.1) is 0 Å². The van der Waals surface area contributed by atoms with Crippen LogP contribution in [0.15, 0.2) is 29.3 Å². The van der Waals surface area contributed by atoms with Gasteiger partial charge >= 0.3 is 12.3 Å². The number of aliphatic hydroxyl groups is 1. The van der Waals surface area contributed by atoms with Crippen molar-refractivity contribution in [2.24, 2.45) is 0 Å². The molecule has 3 rings (SSSR count). The number of ether oxygens (including phenoxy) is 3. The highest BCUT2D eigenvalue weighted by Crippen LogP contribution is 2.40. The number of sulfonamides is 1. The molecule has 13 nitrogen and oxygen atoms in total. The van der Waals surface area contributed by atoms with Gasteiger partial charge in [-0.1, -0.05) is 0 Å². The molecule has 1 aliphatic rings. The van der Waals surface area contributed by atoms with Crippen LogP contribution >= 0.6 is 0 Å². The predicted octanol–water partition coefficient (Wildman–Crippen LogP) is 2.26. The van der Waals surface area contributed by atoms with Gasteiger partial charge < -0.3 is 24.6 Å². The maximum atomic E-state index is 13.9. The van der Waals surface area contributed by atoms with Crippen LogP contribution in [0.3, 0.4) is 0 Å². The number of carbonyl (C=O) groups excluding carboxylic acids is 2. The molecule has 3 N–H and O–H groups in total. The zero-order valence-electron chi connectivity index (χ0n) is 22.1. The minimum Gasteiger partial charge on any atom is -0.484 e. The molecule has 17 heteroatoms. The van der Waals surface area contributed by atoms with Crippen LogP contribution in [-0.4, -0.2) is 79.5 Å². The number of benzene rings is 1. The van der Waals surface area contributed by atoms with Crippen molar-refractivity contribution < 1.29 is 50.5 Å². The molecular weight excluding hydrogens is 563 g/mol. The molecule has 40 heavy (non-hydrogen) atoms. The monoisotopic (exact) mass is 593 g/mol. The summed E-state index contributed by atoms with van der Waals surface area (Å²) in [5.74, 6) is -0.567. The smallest absolute Gasteiger partial charge is 0.427 e. The molecule has 0 saturated carbocycles. The first kappa shape index (κ1) is 30.8. The number of nitrogens with zero attached hydrogens (tertiary/aromatic N) is 3. The second-order valence-corrected chi connectivity index (χ2v) is 11.0. The molecule has 1 atom stereocenters. The second-order valence-electron chi connectivity index (χ2n) is 9.14. The fourth-order valence-electron chi connectivity index (χ4n) is 3.50. The summed E-state index contributed by atoms with van der Waals surface area (Å²) >= 11 is 0. The highest BCUT2D eigenvalue weighted by molar-refractivity contribution is 7.93. The van der Waals surface area contributed by atoms with Crippen LogP contribution in [-0.2, 0) is 26.1 Å². The lowest BCUT2D eigenvalue weighted by Crippen LogP contribution is -2.48. The van der Waals surface area contributed by atoms with Gasteiger partial charge in [-0.2, -0.15) is 13.2 Å². The van der Waals surface area contributed by atoms with Crippen molar-refractivity contribution in [3.05, 3.63) is 24.4 Å². The molecule has 2 amide bonds. The number of aryl methyl sites for hydroxylation is 1. The normalized spacial score (nSPS) is 15.6. The van der Waals surface area contributed by atoms with E-state index in [9.17, 15) is 31.2 Å². The Balaban J connectivity index is 2.01. The number of aliphatic hydroxyl groups excluding tert-OH is 1. The van der Waals surface area contributed by atoms with Gasteiger partial charge in [-0.25, -0.2) is 13.2 Å². The molecule has 2 heterocycles. The minimum absolute atomic E-state index is 0.0399. The van der Waals surface area contributed by atoms with Gasteiger partial charge in [0.25, 0.3) is 15.9 Å². The number of hydrogen-bond acceptors (Lipinski definition) is 9. The van der Waals surface area contributed by atoms with Gasteiger partial charge in [0.15, 0.2) is 4.90 Å². The molecule has 1 aliphatic heterocycles. The number of alkyl halides is 3. The lowest BCUT2D eigenvalue weighted by Gasteiger charge is -2.35. The number of halogens is 3. The van der Waals surface area contributed by atoms with Crippen molar-refractivity contribution in [2.45, 2.75) is 57.0 Å². The Labute approximate surface area is 228 Å².